The van der Waals surface area contributed by atoms with Crippen molar-refractivity contribution in [2.24, 2.45) is 5.73 Å². The standard InChI is InChI=1S/C26H21NO5.C2H6/c27-14-16-2-1-3-18(8-16)22-10-17(9-20-5-7-31-26(20)22)15-32-24-13-23-19(4-6-30-23)11-21(24)12-25(28)29;1-2/h1-11,13H,12,14-15,27H2,(H,28,29);1-2H3. The molecule has 174 valence electrons. The highest BCUT2D eigenvalue weighted by Gasteiger charge is 2.14. The molecule has 0 atom stereocenters. The van der Waals surface area contributed by atoms with Crippen LogP contribution in [0.3, 0.4) is 0 Å². The fourth-order valence-electron chi connectivity index (χ4n) is 3.94. The maximum absolute atomic E-state index is 11.3. The molecule has 34 heavy (non-hydrogen) atoms. The van der Waals surface area contributed by atoms with Crippen molar-refractivity contribution in [3.8, 4) is 16.9 Å². The molecule has 6 nitrogen and oxygen atoms in total. The van der Waals surface area contributed by atoms with Crippen LogP contribution in [-0.2, 0) is 24.4 Å². The van der Waals surface area contributed by atoms with Crippen molar-refractivity contribution in [1.29, 1.82) is 0 Å². The third-order valence-corrected chi connectivity index (χ3v) is 5.46. The highest BCUT2D eigenvalue weighted by atomic mass is 16.5. The van der Waals surface area contributed by atoms with E-state index in [0.29, 0.717) is 23.4 Å². The lowest BCUT2D eigenvalue weighted by Gasteiger charge is -2.13. The summed E-state index contributed by atoms with van der Waals surface area (Å²) in [5.74, 6) is -0.423. The summed E-state index contributed by atoms with van der Waals surface area (Å²) in [6.45, 7) is 4.73. The third kappa shape index (κ3) is 4.82. The van der Waals surface area contributed by atoms with Crippen molar-refractivity contribution in [3.63, 3.8) is 0 Å². The first kappa shape index (κ1) is 23.1. The molecule has 3 aromatic carbocycles. The first-order valence-corrected chi connectivity index (χ1v) is 11.2. The Balaban J connectivity index is 0.00000133. The van der Waals surface area contributed by atoms with Crippen LogP contribution in [0.25, 0.3) is 33.1 Å². The molecular weight excluding hydrogens is 430 g/mol. The highest BCUT2D eigenvalue weighted by Crippen LogP contribution is 2.33. The van der Waals surface area contributed by atoms with Gasteiger partial charge in [0.1, 0.15) is 23.5 Å². The molecule has 0 unspecified atom stereocenters. The predicted molar refractivity (Wildman–Crippen MR) is 133 cm³/mol. The summed E-state index contributed by atoms with van der Waals surface area (Å²) in [7, 11) is 0. The lowest BCUT2D eigenvalue weighted by molar-refractivity contribution is -0.136. The van der Waals surface area contributed by atoms with Gasteiger partial charge >= 0.3 is 5.97 Å². The Morgan fingerprint density at radius 3 is 2.53 bits per heavy atom. The Morgan fingerprint density at radius 2 is 1.74 bits per heavy atom. The van der Waals surface area contributed by atoms with Crippen LogP contribution in [0.4, 0.5) is 0 Å². The predicted octanol–water partition coefficient (Wildman–Crippen LogP) is 6.54. The van der Waals surface area contributed by atoms with Gasteiger partial charge < -0.3 is 24.4 Å². The Hall–Kier alpha value is -4.03. The summed E-state index contributed by atoms with van der Waals surface area (Å²) in [6, 6.07) is 19.4. The summed E-state index contributed by atoms with van der Waals surface area (Å²) in [5.41, 5.74) is 11.8. The Bertz CT molecular complexity index is 1430. The second-order valence-electron chi connectivity index (χ2n) is 7.66. The van der Waals surface area contributed by atoms with E-state index in [-0.39, 0.29) is 13.0 Å². The number of hydrogen-bond acceptors (Lipinski definition) is 5. The maximum atomic E-state index is 11.3. The number of benzene rings is 3. The third-order valence-electron chi connectivity index (χ3n) is 5.46. The molecule has 0 fully saturated rings. The molecule has 0 saturated heterocycles. The summed E-state index contributed by atoms with van der Waals surface area (Å²) in [6.07, 6.45) is 3.11. The minimum Gasteiger partial charge on any atom is -0.488 e. The Labute approximate surface area is 197 Å². The number of carboxylic acid groups (broad SMARTS) is 1. The van der Waals surface area contributed by atoms with Gasteiger partial charge in [0.25, 0.3) is 0 Å². The van der Waals surface area contributed by atoms with Crippen molar-refractivity contribution in [2.75, 3.05) is 0 Å². The van der Waals surface area contributed by atoms with Gasteiger partial charge in [-0.05, 0) is 53.1 Å². The molecule has 0 bridgehead atoms. The van der Waals surface area contributed by atoms with E-state index >= 15 is 0 Å². The first-order chi connectivity index (χ1) is 16.6. The molecule has 0 aliphatic rings. The van der Waals surface area contributed by atoms with Crippen molar-refractivity contribution < 1.29 is 23.5 Å². The molecule has 0 spiro atoms. The topological polar surface area (TPSA) is 98.8 Å². The van der Waals surface area contributed by atoms with Gasteiger partial charge in [0.05, 0.1) is 18.9 Å². The molecule has 3 N–H and O–H groups in total. The molecule has 2 aromatic heterocycles. The van der Waals surface area contributed by atoms with Gasteiger partial charge in [-0.3, -0.25) is 4.79 Å². The van der Waals surface area contributed by atoms with Crippen LogP contribution >= 0.6 is 0 Å². The van der Waals surface area contributed by atoms with E-state index in [9.17, 15) is 9.90 Å². The summed E-state index contributed by atoms with van der Waals surface area (Å²) in [4.78, 5) is 11.3. The molecule has 5 aromatic rings. The molecule has 6 heteroatoms. The Morgan fingerprint density at radius 1 is 0.941 bits per heavy atom. The van der Waals surface area contributed by atoms with Gasteiger partial charge in [-0.25, -0.2) is 0 Å². The minimum absolute atomic E-state index is 0.131. The molecule has 0 radical (unpaired) electrons. The minimum atomic E-state index is -0.917. The zero-order valence-electron chi connectivity index (χ0n) is 19.2. The summed E-state index contributed by atoms with van der Waals surface area (Å²) < 4.78 is 17.3. The SMILES string of the molecule is CC.NCc1cccc(-c2cc(COc3cc4occc4cc3CC(=O)O)cc3ccoc23)c1. The van der Waals surface area contributed by atoms with E-state index < -0.39 is 5.97 Å². The number of furan rings is 2. The van der Waals surface area contributed by atoms with Gasteiger partial charge in [0.2, 0.25) is 0 Å². The number of nitrogens with two attached hydrogens (primary N) is 1. The summed E-state index contributed by atoms with van der Waals surface area (Å²) >= 11 is 0. The van der Waals surface area contributed by atoms with E-state index in [1.54, 1.807) is 30.7 Å². The van der Waals surface area contributed by atoms with Gasteiger partial charge in [-0.15, -0.1) is 0 Å². The number of aliphatic carboxylic acids is 1. The number of rotatable bonds is 7. The second kappa shape index (κ2) is 10.3. The lowest BCUT2D eigenvalue weighted by atomic mass is 9.99. The smallest absolute Gasteiger partial charge is 0.307 e. The van der Waals surface area contributed by atoms with Gasteiger partial charge in [0, 0.05) is 34.5 Å². The number of carbonyl (C=O) groups is 1. The van der Waals surface area contributed by atoms with Crippen LogP contribution in [0.5, 0.6) is 5.75 Å². The molecule has 5 rings (SSSR count). The van der Waals surface area contributed by atoms with Crippen LogP contribution in [0.1, 0.15) is 30.5 Å². The molecule has 0 saturated carbocycles. The average Bonchev–Trinajstić information content (AvgIpc) is 3.52. The highest BCUT2D eigenvalue weighted by molar-refractivity contribution is 5.93. The van der Waals surface area contributed by atoms with Crippen LogP contribution in [0.2, 0.25) is 0 Å². The van der Waals surface area contributed by atoms with E-state index in [2.05, 4.69) is 6.07 Å². The molecule has 0 aliphatic carbocycles. The zero-order chi connectivity index (χ0) is 24.1. The van der Waals surface area contributed by atoms with E-state index in [1.165, 1.54) is 0 Å². The number of carboxylic acids is 1. The quantitative estimate of drug-likeness (QED) is 0.288. The number of ether oxygens (including phenoxy) is 1. The fourth-order valence-corrected chi connectivity index (χ4v) is 3.94. The van der Waals surface area contributed by atoms with Crippen molar-refractivity contribution in [3.05, 3.63) is 89.9 Å². The van der Waals surface area contributed by atoms with E-state index in [4.69, 9.17) is 19.3 Å². The first-order valence-electron chi connectivity index (χ1n) is 11.2. The molecule has 0 aliphatic heterocycles. The fraction of sp³-hybridized carbons (Fsp3) is 0.179. The lowest BCUT2D eigenvalue weighted by Crippen LogP contribution is -2.04. The van der Waals surface area contributed by atoms with Crippen molar-refractivity contribution in [1.82, 2.24) is 0 Å². The molecular formula is C28H27NO5. The van der Waals surface area contributed by atoms with Gasteiger partial charge in [0.15, 0.2) is 0 Å². The van der Waals surface area contributed by atoms with Crippen LogP contribution in [0, 0.1) is 0 Å². The van der Waals surface area contributed by atoms with Crippen LogP contribution in [0.15, 0.2) is 82.0 Å². The second-order valence-corrected chi connectivity index (χ2v) is 7.66. The van der Waals surface area contributed by atoms with Gasteiger partial charge in [-0.1, -0.05) is 32.0 Å². The Kier molecular flexibility index (Phi) is 6.99. The van der Waals surface area contributed by atoms with E-state index in [0.717, 1.165) is 38.6 Å². The molecule has 2 heterocycles. The summed E-state index contributed by atoms with van der Waals surface area (Å²) in [5, 5.41) is 11.1. The van der Waals surface area contributed by atoms with Crippen molar-refractivity contribution >= 4 is 27.9 Å². The van der Waals surface area contributed by atoms with Crippen LogP contribution < -0.4 is 10.5 Å². The zero-order valence-corrected chi connectivity index (χ0v) is 19.2. The normalized spacial score (nSPS) is 10.8. The number of fused-ring (bicyclic) bond motifs is 2. The molecule has 0 amide bonds. The monoisotopic (exact) mass is 457 g/mol. The van der Waals surface area contributed by atoms with E-state index in [1.807, 2.05) is 50.2 Å². The largest absolute Gasteiger partial charge is 0.488 e. The van der Waals surface area contributed by atoms with Crippen molar-refractivity contribution in [2.45, 2.75) is 33.4 Å². The van der Waals surface area contributed by atoms with Crippen LogP contribution in [-0.4, -0.2) is 11.1 Å². The maximum Gasteiger partial charge on any atom is 0.307 e. The van der Waals surface area contributed by atoms with Gasteiger partial charge in [-0.2, -0.15) is 0 Å². The average molecular weight is 458 g/mol. The number of hydrogen-bond donors (Lipinski definition) is 2.